The summed E-state index contributed by atoms with van der Waals surface area (Å²) in [6.45, 7) is 0. The average molecular weight is 224 g/mol. The summed E-state index contributed by atoms with van der Waals surface area (Å²) in [4.78, 5) is 0. The predicted molar refractivity (Wildman–Crippen MR) is 45.8 cm³/mol. The van der Waals surface area contributed by atoms with Gasteiger partial charge in [0.25, 0.3) is 0 Å². The smallest absolute Gasteiger partial charge is 0.416 e. The Morgan fingerprint density at radius 1 is 1.36 bits per heavy atom. The van der Waals surface area contributed by atoms with E-state index in [0.29, 0.717) is 6.07 Å². The van der Waals surface area contributed by atoms with Crippen LogP contribution < -0.4 is 0 Å². The summed E-state index contributed by atoms with van der Waals surface area (Å²) < 4.78 is 36.3. The van der Waals surface area contributed by atoms with Crippen molar-refractivity contribution in [2.75, 3.05) is 0 Å². The number of hydrogen-bond donors (Lipinski definition) is 2. The van der Waals surface area contributed by atoms with Crippen LogP contribution >= 0.6 is 11.6 Å². The molecule has 0 atom stereocenters. The fraction of sp³-hybridized carbons (Fsp3) is 0.125. The lowest BCUT2D eigenvalue weighted by atomic mass is 10.1. The van der Waals surface area contributed by atoms with E-state index in [1.165, 1.54) is 0 Å². The fourth-order valence-corrected chi connectivity index (χ4v) is 1.05. The zero-order valence-electron chi connectivity index (χ0n) is 6.69. The Labute approximate surface area is 82.4 Å². The minimum absolute atomic E-state index is 0.125. The Morgan fingerprint density at radius 3 is 2.29 bits per heavy atom. The third-order valence-corrected chi connectivity index (χ3v) is 1.77. The van der Waals surface area contributed by atoms with Crippen LogP contribution in [0.1, 0.15) is 11.1 Å². The topological polar surface area (TPSA) is 44.1 Å². The van der Waals surface area contributed by atoms with Crippen LogP contribution in [0.15, 0.2) is 18.2 Å². The van der Waals surface area contributed by atoms with Crippen molar-refractivity contribution in [1.82, 2.24) is 0 Å². The molecule has 0 heterocycles. The van der Waals surface area contributed by atoms with Crippen LogP contribution in [0.25, 0.3) is 0 Å². The Morgan fingerprint density at radius 2 is 1.93 bits per heavy atom. The molecule has 0 aromatic heterocycles. The molecule has 2 nitrogen and oxygen atoms in total. The number of nitrogens with one attached hydrogen (secondary N) is 1. The zero-order chi connectivity index (χ0) is 10.9. The SMILES string of the molecule is N=C(Cl)c1ccc(C(F)(F)F)cc1O. The quantitative estimate of drug-likeness (QED) is 0.707. The summed E-state index contributed by atoms with van der Waals surface area (Å²) in [5.41, 5.74) is -1.10. The van der Waals surface area contributed by atoms with Gasteiger partial charge in [-0.1, -0.05) is 11.6 Å². The van der Waals surface area contributed by atoms with Crippen molar-refractivity contribution in [2.45, 2.75) is 6.18 Å². The lowest BCUT2D eigenvalue weighted by Gasteiger charge is -2.08. The molecule has 0 bridgehead atoms. The second-order valence-electron chi connectivity index (χ2n) is 2.54. The summed E-state index contributed by atoms with van der Waals surface area (Å²) in [6.07, 6.45) is -4.51. The largest absolute Gasteiger partial charge is 0.507 e. The van der Waals surface area contributed by atoms with E-state index in [0.717, 1.165) is 12.1 Å². The van der Waals surface area contributed by atoms with E-state index in [-0.39, 0.29) is 5.56 Å². The first kappa shape index (κ1) is 10.8. The van der Waals surface area contributed by atoms with Crippen LogP contribution in [0.3, 0.4) is 0 Å². The van der Waals surface area contributed by atoms with Gasteiger partial charge in [-0.25, -0.2) is 0 Å². The van der Waals surface area contributed by atoms with Gasteiger partial charge in [-0.15, -0.1) is 0 Å². The monoisotopic (exact) mass is 223 g/mol. The van der Waals surface area contributed by atoms with E-state index in [4.69, 9.17) is 22.1 Å². The lowest BCUT2D eigenvalue weighted by molar-refractivity contribution is -0.137. The molecule has 1 aromatic rings. The lowest BCUT2D eigenvalue weighted by Crippen LogP contribution is -2.05. The third-order valence-electron chi connectivity index (χ3n) is 1.56. The van der Waals surface area contributed by atoms with Crippen LogP contribution in [0.5, 0.6) is 5.75 Å². The molecule has 14 heavy (non-hydrogen) atoms. The van der Waals surface area contributed by atoms with E-state index in [1.54, 1.807) is 0 Å². The average Bonchev–Trinajstić information content (AvgIpc) is 2.01. The molecule has 0 unspecified atom stereocenters. The zero-order valence-corrected chi connectivity index (χ0v) is 7.45. The highest BCUT2D eigenvalue weighted by Crippen LogP contribution is 2.32. The highest BCUT2D eigenvalue weighted by molar-refractivity contribution is 6.69. The first-order chi connectivity index (χ1) is 6.32. The number of aromatic hydroxyl groups is 1. The number of hydrogen-bond acceptors (Lipinski definition) is 2. The molecule has 1 aromatic carbocycles. The van der Waals surface area contributed by atoms with E-state index < -0.39 is 22.7 Å². The van der Waals surface area contributed by atoms with Gasteiger partial charge in [0.15, 0.2) is 0 Å². The van der Waals surface area contributed by atoms with E-state index >= 15 is 0 Å². The van der Waals surface area contributed by atoms with Crippen molar-refractivity contribution < 1.29 is 18.3 Å². The third kappa shape index (κ3) is 2.17. The Kier molecular flexibility index (Phi) is 2.71. The van der Waals surface area contributed by atoms with Gasteiger partial charge in [-0.2, -0.15) is 13.2 Å². The number of rotatable bonds is 1. The highest BCUT2D eigenvalue weighted by Gasteiger charge is 2.31. The molecule has 0 saturated heterocycles. The molecule has 0 radical (unpaired) electrons. The van der Waals surface area contributed by atoms with Gasteiger partial charge in [-0.3, -0.25) is 5.41 Å². The molecule has 0 aliphatic heterocycles. The highest BCUT2D eigenvalue weighted by atomic mass is 35.5. The molecule has 1 rings (SSSR count). The summed E-state index contributed by atoms with van der Waals surface area (Å²) in [7, 11) is 0. The van der Waals surface area contributed by atoms with Crippen molar-refractivity contribution in [3.05, 3.63) is 29.3 Å². The number of halogens is 4. The molecule has 2 N–H and O–H groups in total. The predicted octanol–water partition coefficient (Wildman–Crippen LogP) is 2.98. The first-order valence-corrected chi connectivity index (χ1v) is 3.85. The van der Waals surface area contributed by atoms with E-state index in [9.17, 15) is 13.2 Å². The maximum atomic E-state index is 12.1. The molecule has 76 valence electrons. The van der Waals surface area contributed by atoms with E-state index in [1.807, 2.05) is 0 Å². The Balaban J connectivity index is 3.20. The van der Waals surface area contributed by atoms with Crippen molar-refractivity contribution in [1.29, 1.82) is 5.41 Å². The molecular formula is C8H5ClF3NO. The molecule has 0 aliphatic carbocycles. The van der Waals surface area contributed by atoms with Gasteiger partial charge >= 0.3 is 6.18 Å². The normalized spacial score (nSPS) is 11.4. The van der Waals surface area contributed by atoms with Gasteiger partial charge in [0.2, 0.25) is 0 Å². The first-order valence-electron chi connectivity index (χ1n) is 3.47. The number of phenols is 1. The van der Waals surface area contributed by atoms with Gasteiger partial charge in [0.1, 0.15) is 10.9 Å². The molecule has 0 fully saturated rings. The molecule has 0 saturated carbocycles. The van der Waals surface area contributed by atoms with Crippen LogP contribution in [-0.2, 0) is 6.18 Å². The van der Waals surface area contributed by atoms with Crippen LogP contribution in [0, 0.1) is 5.41 Å². The second-order valence-corrected chi connectivity index (χ2v) is 2.92. The maximum absolute atomic E-state index is 12.1. The molecule has 0 spiro atoms. The summed E-state index contributed by atoms with van der Waals surface area (Å²) in [5.74, 6) is -0.653. The van der Waals surface area contributed by atoms with Crippen molar-refractivity contribution >= 4 is 16.8 Å². The summed E-state index contributed by atoms with van der Waals surface area (Å²) in [6, 6.07) is 2.24. The fourth-order valence-electron chi connectivity index (χ4n) is 0.894. The molecule has 6 heteroatoms. The minimum Gasteiger partial charge on any atom is -0.507 e. The minimum atomic E-state index is -4.51. The maximum Gasteiger partial charge on any atom is 0.416 e. The van der Waals surface area contributed by atoms with Crippen molar-refractivity contribution in [3.63, 3.8) is 0 Å². The molecule has 0 amide bonds. The van der Waals surface area contributed by atoms with Crippen LogP contribution in [0.4, 0.5) is 13.2 Å². The second kappa shape index (κ2) is 3.49. The summed E-state index contributed by atoms with van der Waals surface area (Å²) >= 11 is 5.22. The number of phenolic OH excluding ortho intramolecular Hbond substituents is 1. The van der Waals surface area contributed by atoms with Gasteiger partial charge < -0.3 is 5.11 Å². The Bertz CT molecular complexity index is 375. The van der Waals surface area contributed by atoms with Gasteiger partial charge in [0.05, 0.1) is 11.1 Å². The van der Waals surface area contributed by atoms with E-state index in [2.05, 4.69) is 0 Å². The number of alkyl halides is 3. The number of benzene rings is 1. The van der Waals surface area contributed by atoms with Crippen LogP contribution in [0.2, 0.25) is 0 Å². The molecular weight excluding hydrogens is 219 g/mol. The van der Waals surface area contributed by atoms with Gasteiger partial charge in [0, 0.05) is 0 Å². The standard InChI is InChI=1S/C8H5ClF3NO/c9-7(13)5-2-1-4(3-6(5)14)8(10,11)12/h1-3,13-14H. The molecule has 0 aliphatic rings. The van der Waals surface area contributed by atoms with Crippen molar-refractivity contribution in [2.24, 2.45) is 0 Å². The van der Waals surface area contributed by atoms with Gasteiger partial charge in [-0.05, 0) is 18.2 Å². The van der Waals surface area contributed by atoms with Crippen molar-refractivity contribution in [3.8, 4) is 5.75 Å². The summed E-state index contributed by atoms with van der Waals surface area (Å²) in [5, 5.41) is 15.5. The Hall–Kier alpha value is -1.23. The van der Waals surface area contributed by atoms with Crippen LogP contribution in [-0.4, -0.2) is 10.3 Å².